The molecule has 37 heavy (non-hydrogen) atoms. The van der Waals surface area contributed by atoms with Crippen LogP contribution in [0.2, 0.25) is 0 Å². The molecule has 2 aromatic rings. The quantitative estimate of drug-likeness (QED) is 0.294. The van der Waals surface area contributed by atoms with Gasteiger partial charge in [-0.1, -0.05) is 36.9 Å². The number of hydrogen-bond acceptors (Lipinski definition) is 6. The smallest absolute Gasteiger partial charge is 0.354 e. The summed E-state index contributed by atoms with van der Waals surface area (Å²) in [6, 6.07) is 11.9. The lowest BCUT2D eigenvalue weighted by molar-refractivity contribution is -0.136. The fourth-order valence-electron chi connectivity index (χ4n) is 4.15. The molecule has 1 aromatic carbocycles. The molecule has 10 nitrogen and oxygen atoms in total. The number of piperazine rings is 1. The van der Waals surface area contributed by atoms with Crippen LogP contribution in [0.1, 0.15) is 35.3 Å². The van der Waals surface area contributed by atoms with Crippen molar-refractivity contribution in [3.63, 3.8) is 0 Å². The maximum Gasteiger partial charge on any atom is 0.354 e. The van der Waals surface area contributed by atoms with Gasteiger partial charge in [0.1, 0.15) is 11.7 Å². The first kappa shape index (κ1) is 27.4. The Hall–Kier alpha value is -4.21. The van der Waals surface area contributed by atoms with Crippen molar-refractivity contribution in [3.8, 4) is 0 Å². The number of pyridine rings is 1. The molecular weight excluding hydrogens is 474 g/mol. The van der Waals surface area contributed by atoms with E-state index in [0.29, 0.717) is 52.0 Å². The van der Waals surface area contributed by atoms with Gasteiger partial charge >= 0.3 is 5.97 Å². The molecule has 3 N–H and O–H groups in total. The van der Waals surface area contributed by atoms with E-state index in [1.807, 2.05) is 35.2 Å². The second-order valence-corrected chi connectivity index (χ2v) is 8.79. The number of carboxylic acids is 1. The number of carbonyl (C=O) groups is 4. The van der Waals surface area contributed by atoms with Gasteiger partial charge in [0.15, 0.2) is 0 Å². The number of amides is 3. The Morgan fingerprint density at radius 2 is 1.76 bits per heavy atom. The second kappa shape index (κ2) is 13.8. The number of hydrogen-bond donors (Lipinski definition) is 3. The van der Waals surface area contributed by atoms with E-state index in [2.05, 4.69) is 22.2 Å². The number of benzene rings is 1. The van der Waals surface area contributed by atoms with Crippen molar-refractivity contribution in [1.82, 2.24) is 20.5 Å². The van der Waals surface area contributed by atoms with E-state index >= 15 is 0 Å². The highest BCUT2D eigenvalue weighted by Gasteiger charge is 2.28. The Kier molecular flexibility index (Phi) is 10.2. The average Bonchev–Trinajstić information content (AvgIpc) is 2.92. The topological polar surface area (TPSA) is 132 Å². The number of nitrogens with one attached hydrogen (secondary N) is 2. The Labute approximate surface area is 216 Å². The predicted molar refractivity (Wildman–Crippen MR) is 139 cm³/mol. The van der Waals surface area contributed by atoms with E-state index in [-0.39, 0.29) is 29.8 Å². The van der Waals surface area contributed by atoms with Crippen LogP contribution >= 0.6 is 0 Å². The highest BCUT2D eigenvalue weighted by Crippen LogP contribution is 2.17. The van der Waals surface area contributed by atoms with Gasteiger partial charge in [-0.25, -0.2) is 9.78 Å². The third-order valence-corrected chi connectivity index (χ3v) is 6.17. The van der Waals surface area contributed by atoms with Crippen LogP contribution in [0.25, 0.3) is 0 Å². The summed E-state index contributed by atoms with van der Waals surface area (Å²) < 4.78 is 0. The van der Waals surface area contributed by atoms with Crippen LogP contribution in [-0.2, 0) is 20.8 Å². The number of aromatic carboxylic acids is 1. The number of carbonyl (C=O) groups excluding carboxylic acids is 3. The zero-order chi connectivity index (χ0) is 26.6. The maximum atomic E-state index is 13.4. The highest BCUT2D eigenvalue weighted by molar-refractivity contribution is 5.89. The molecule has 0 saturated carbocycles. The van der Waals surface area contributed by atoms with Gasteiger partial charge in [0.2, 0.25) is 17.7 Å². The minimum Gasteiger partial charge on any atom is -0.477 e. The van der Waals surface area contributed by atoms with Crippen molar-refractivity contribution < 1.29 is 24.3 Å². The summed E-state index contributed by atoms with van der Waals surface area (Å²) in [6.07, 6.45) is 4.72. The Morgan fingerprint density at radius 3 is 2.38 bits per heavy atom. The summed E-state index contributed by atoms with van der Waals surface area (Å²) >= 11 is 0. The predicted octanol–water partition coefficient (Wildman–Crippen LogP) is 1.63. The average molecular weight is 508 g/mol. The molecule has 1 unspecified atom stereocenters. The molecule has 2 heterocycles. The van der Waals surface area contributed by atoms with Crippen LogP contribution in [-0.4, -0.2) is 77.4 Å². The number of carboxylic acid groups (broad SMARTS) is 1. The third-order valence-electron chi connectivity index (χ3n) is 6.17. The Bertz CT molecular complexity index is 1080. The normalized spacial score (nSPS) is 13.9. The molecular formula is C27H33N5O5. The van der Waals surface area contributed by atoms with Crippen LogP contribution in [0.3, 0.4) is 0 Å². The van der Waals surface area contributed by atoms with Crippen LogP contribution in [0.5, 0.6) is 0 Å². The first-order valence-corrected chi connectivity index (χ1v) is 12.3. The van der Waals surface area contributed by atoms with Crippen LogP contribution < -0.4 is 15.5 Å². The van der Waals surface area contributed by atoms with Crippen LogP contribution in [0.15, 0.2) is 61.3 Å². The molecule has 1 aliphatic heterocycles. The van der Waals surface area contributed by atoms with Crippen molar-refractivity contribution in [2.75, 3.05) is 37.6 Å². The SMILES string of the molecule is C=CC(=O)NCCCCC(NC(=O)Cc1ccccc1)C(=O)N1CCN(c2ccc(C(=O)O)nc2)CC1. The molecule has 1 aromatic heterocycles. The summed E-state index contributed by atoms with van der Waals surface area (Å²) in [7, 11) is 0. The van der Waals surface area contributed by atoms with Gasteiger partial charge in [0.25, 0.3) is 0 Å². The van der Waals surface area contributed by atoms with E-state index in [0.717, 1.165) is 11.3 Å². The minimum absolute atomic E-state index is 0.0179. The first-order chi connectivity index (χ1) is 17.9. The number of anilines is 1. The molecule has 1 atom stereocenters. The number of aromatic nitrogens is 1. The summed E-state index contributed by atoms with van der Waals surface area (Å²) in [5, 5.41) is 14.7. The summed E-state index contributed by atoms with van der Waals surface area (Å²) in [5.74, 6) is -1.66. The van der Waals surface area contributed by atoms with E-state index in [4.69, 9.17) is 5.11 Å². The van der Waals surface area contributed by atoms with Crippen molar-refractivity contribution in [3.05, 3.63) is 72.6 Å². The molecule has 10 heteroatoms. The van der Waals surface area contributed by atoms with E-state index in [9.17, 15) is 19.2 Å². The molecule has 1 fully saturated rings. The first-order valence-electron chi connectivity index (χ1n) is 12.3. The molecule has 0 spiro atoms. The lowest BCUT2D eigenvalue weighted by Crippen LogP contribution is -2.55. The summed E-state index contributed by atoms with van der Waals surface area (Å²) in [5.41, 5.74) is 1.65. The van der Waals surface area contributed by atoms with Crippen LogP contribution in [0, 0.1) is 0 Å². The lowest BCUT2D eigenvalue weighted by atomic mass is 10.1. The van der Waals surface area contributed by atoms with Crippen LogP contribution in [0.4, 0.5) is 5.69 Å². The van der Waals surface area contributed by atoms with Gasteiger partial charge in [-0.15, -0.1) is 0 Å². The molecule has 3 rings (SSSR count). The Morgan fingerprint density at radius 1 is 1.03 bits per heavy atom. The van der Waals surface area contributed by atoms with Gasteiger partial charge in [-0.2, -0.15) is 0 Å². The molecule has 196 valence electrons. The summed E-state index contributed by atoms with van der Waals surface area (Å²) in [6.45, 7) is 5.97. The van der Waals surface area contributed by atoms with Crippen molar-refractivity contribution in [2.45, 2.75) is 31.7 Å². The zero-order valence-corrected chi connectivity index (χ0v) is 20.8. The number of unbranched alkanes of at least 4 members (excludes halogenated alkanes) is 1. The van der Waals surface area contributed by atoms with Gasteiger partial charge in [0, 0.05) is 32.7 Å². The van der Waals surface area contributed by atoms with Gasteiger partial charge in [0.05, 0.1) is 18.3 Å². The number of nitrogens with zero attached hydrogens (tertiary/aromatic N) is 3. The van der Waals surface area contributed by atoms with Crippen molar-refractivity contribution >= 4 is 29.4 Å². The standard InChI is InChI=1S/C27H33N5O5/c1-2-24(33)28-13-7-6-10-22(30-25(34)18-20-8-4-3-5-9-20)26(35)32-16-14-31(15-17-32)21-11-12-23(27(36)37)29-19-21/h2-5,8-9,11-12,19,22H,1,6-7,10,13-18H2,(H,28,33)(H,30,34)(H,36,37). The third kappa shape index (κ3) is 8.45. The van der Waals surface area contributed by atoms with E-state index in [1.54, 1.807) is 11.0 Å². The molecule has 3 amide bonds. The lowest BCUT2D eigenvalue weighted by Gasteiger charge is -2.37. The van der Waals surface area contributed by atoms with Crippen molar-refractivity contribution in [2.24, 2.45) is 0 Å². The fraction of sp³-hybridized carbons (Fsp3) is 0.370. The summed E-state index contributed by atoms with van der Waals surface area (Å²) in [4.78, 5) is 56.3. The molecule has 0 radical (unpaired) electrons. The molecule has 0 aliphatic carbocycles. The fourth-order valence-corrected chi connectivity index (χ4v) is 4.15. The van der Waals surface area contributed by atoms with Gasteiger partial charge in [-0.05, 0) is 43.0 Å². The van der Waals surface area contributed by atoms with Gasteiger partial charge in [-0.3, -0.25) is 14.4 Å². The number of rotatable bonds is 12. The maximum absolute atomic E-state index is 13.4. The second-order valence-electron chi connectivity index (χ2n) is 8.79. The highest BCUT2D eigenvalue weighted by atomic mass is 16.4. The monoisotopic (exact) mass is 507 g/mol. The Balaban J connectivity index is 1.57. The largest absolute Gasteiger partial charge is 0.477 e. The molecule has 1 saturated heterocycles. The zero-order valence-electron chi connectivity index (χ0n) is 20.8. The van der Waals surface area contributed by atoms with Gasteiger partial charge < -0.3 is 25.5 Å². The van der Waals surface area contributed by atoms with E-state index < -0.39 is 12.0 Å². The molecule has 0 bridgehead atoms. The molecule has 1 aliphatic rings. The van der Waals surface area contributed by atoms with Crippen molar-refractivity contribution in [1.29, 1.82) is 0 Å². The van der Waals surface area contributed by atoms with E-state index in [1.165, 1.54) is 18.3 Å². The minimum atomic E-state index is -1.08.